The molecule has 0 amide bonds. The van der Waals surface area contributed by atoms with E-state index in [1.54, 1.807) is 12.1 Å². The zero-order valence-corrected chi connectivity index (χ0v) is 15.1. The lowest BCUT2D eigenvalue weighted by Gasteiger charge is -2.26. The van der Waals surface area contributed by atoms with Crippen LogP contribution in [0.5, 0.6) is 17.2 Å². The van der Waals surface area contributed by atoms with Crippen LogP contribution in [0.2, 0.25) is 0 Å². The van der Waals surface area contributed by atoms with Crippen molar-refractivity contribution in [3.63, 3.8) is 0 Å². The Balaban J connectivity index is 1.83. The second-order valence-corrected chi connectivity index (χ2v) is 8.06. The van der Waals surface area contributed by atoms with Gasteiger partial charge in [-0.3, -0.25) is 10.1 Å². The van der Waals surface area contributed by atoms with Gasteiger partial charge in [0.05, 0.1) is 16.6 Å². The normalized spacial score (nSPS) is 17.9. The lowest BCUT2D eigenvalue weighted by Crippen LogP contribution is -2.37. The zero-order chi connectivity index (χ0) is 19.1. The zero-order valence-electron chi connectivity index (χ0n) is 14.3. The Morgan fingerprint density at radius 1 is 1.12 bits per heavy atom. The van der Waals surface area contributed by atoms with Crippen LogP contribution in [0.1, 0.15) is 19.4 Å². The molecule has 2 aromatic carbocycles. The lowest BCUT2D eigenvalue weighted by molar-refractivity contribution is -0.384. The van der Waals surface area contributed by atoms with E-state index in [-0.39, 0.29) is 11.4 Å². The van der Waals surface area contributed by atoms with Crippen molar-refractivity contribution in [2.45, 2.75) is 25.6 Å². The van der Waals surface area contributed by atoms with Crippen LogP contribution in [0.15, 0.2) is 42.5 Å². The first kappa shape index (κ1) is 18.0. The van der Waals surface area contributed by atoms with Gasteiger partial charge in [0.15, 0.2) is 0 Å². The molecule has 2 aromatic rings. The molecule has 0 N–H and O–H groups in total. The summed E-state index contributed by atoms with van der Waals surface area (Å²) in [6.45, 7) is 3.78. The van der Waals surface area contributed by atoms with E-state index < -0.39 is 26.7 Å². The summed E-state index contributed by atoms with van der Waals surface area (Å²) < 4.78 is 39.2. The number of rotatable bonds is 5. The topological polar surface area (TPSA) is 105 Å². The largest absolute Gasteiger partial charge is 0.454 e. The Bertz CT molecular complexity index is 952. The molecule has 1 atom stereocenters. The highest BCUT2D eigenvalue weighted by Gasteiger charge is 2.44. The van der Waals surface area contributed by atoms with Crippen molar-refractivity contribution in [1.29, 1.82) is 0 Å². The van der Waals surface area contributed by atoms with Crippen LogP contribution in [0.25, 0.3) is 0 Å². The van der Waals surface area contributed by atoms with Gasteiger partial charge >= 0.3 is 10.1 Å². The molecule has 0 spiro atoms. The number of benzene rings is 2. The number of nitrogens with zero attached hydrogens (tertiary/aromatic N) is 1. The minimum Gasteiger partial charge on any atom is -0.454 e. The lowest BCUT2D eigenvalue weighted by atomic mass is 9.85. The molecule has 0 radical (unpaired) electrons. The van der Waals surface area contributed by atoms with E-state index in [4.69, 9.17) is 13.7 Å². The molecule has 1 unspecified atom stereocenters. The van der Waals surface area contributed by atoms with Gasteiger partial charge in [0.2, 0.25) is 6.29 Å². The summed E-state index contributed by atoms with van der Waals surface area (Å²) in [5, 5.41) is 10.7. The van der Waals surface area contributed by atoms with Crippen molar-refractivity contribution in [3.8, 4) is 17.2 Å². The Hall–Kier alpha value is -2.81. The van der Waals surface area contributed by atoms with E-state index in [0.717, 1.165) is 11.8 Å². The van der Waals surface area contributed by atoms with Crippen LogP contribution < -0.4 is 13.7 Å². The number of nitro benzene ring substituents is 1. The minimum atomic E-state index is -3.63. The van der Waals surface area contributed by atoms with E-state index in [1.807, 2.05) is 13.8 Å². The first-order valence-electron chi connectivity index (χ1n) is 7.68. The maximum atomic E-state index is 11.3. The van der Waals surface area contributed by atoms with Gasteiger partial charge in [-0.2, -0.15) is 8.42 Å². The summed E-state index contributed by atoms with van der Waals surface area (Å²) >= 11 is 0. The Morgan fingerprint density at radius 2 is 1.73 bits per heavy atom. The number of fused-ring (bicyclic) bond motifs is 1. The number of hydrogen-bond donors (Lipinski definition) is 0. The molecule has 0 fully saturated rings. The van der Waals surface area contributed by atoms with Gasteiger partial charge in [0, 0.05) is 17.7 Å². The van der Waals surface area contributed by atoms with Crippen molar-refractivity contribution in [1.82, 2.24) is 0 Å². The third-order valence-corrected chi connectivity index (χ3v) is 4.50. The third kappa shape index (κ3) is 3.57. The fourth-order valence-electron chi connectivity index (χ4n) is 2.67. The highest BCUT2D eigenvalue weighted by Crippen LogP contribution is 2.45. The van der Waals surface area contributed by atoms with E-state index in [9.17, 15) is 18.5 Å². The van der Waals surface area contributed by atoms with Gasteiger partial charge < -0.3 is 13.7 Å². The van der Waals surface area contributed by atoms with Crippen LogP contribution >= 0.6 is 0 Å². The van der Waals surface area contributed by atoms with E-state index in [0.29, 0.717) is 11.5 Å². The standard InChI is InChI=1S/C17H17NO7S/c1-17(2)14-10-13(25-26(3,21)22)8-9-15(14)24-16(17)23-12-6-4-11(5-7-12)18(19)20/h4-10,16H,1-3H3. The van der Waals surface area contributed by atoms with Gasteiger partial charge in [0.25, 0.3) is 5.69 Å². The number of non-ortho nitro benzene ring substituents is 1. The van der Waals surface area contributed by atoms with Crippen molar-refractivity contribution in [3.05, 3.63) is 58.1 Å². The maximum Gasteiger partial charge on any atom is 0.306 e. The molecule has 3 rings (SSSR count). The summed E-state index contributed by atoms with van der Waals surface area (Å²) in [6, 6.07) is 10.4. The van der Waals surface area contributed by atoms with Crippen LogP contribution in [0.4, 0.5) is 5.69 Å². The average molecular weight is 379 g/mol. The predicted molar refractivity (Wildman–Crippen MR) is 93.1 cm³/mol. The molecular formula is C17H17NO7S. The molecule has 0 saturated carbocycles. The van der Waals surface area contributed by atoms with Gasteiger partial charge in [-0.05, 0) is 44.2 Å². The number of hydrogen-bond acceptors (Lipinski definition) is 7. The molecule has 138 valence electrons. The third-order valence-electron chi connectivity index (χ3n) is 4.01. The summed E-state index contributed by atoms with van der Waals surface area (Å²) in [4.78, 5) is 10.2. The molecular weight excluding hydrogens is 362 g/mol. The summed E-state index contributed by atoms with van der Waals surface area (Å²) in [5.74, 6) is 1.18. The van der Waals surface area contributed by atoms with Gasteiger partial charge in [-0.1, -0.05) is 0 Å². The van der Waals surface area contributed by atoms with Crippen LogP contribution in [-0.4, -0.2) is 25.9 Å². The molecule has 26 heavy (non-hydrogen) atoms. The summed E-state index contributed by atoms with van der Waals surface area (Å²) in [6.07, 6.45) is 0.287. The van der Waals surface area contributed by atoms with Crippen LogP contribution in [0.3, 0.4) is 0 Å². The molecule has 1 aliphatic rings. The van der Waals surface area contributed by atoms with Gasteiger partial charge in [0.1, 0.15) is 17.2 Å². The number of nitro groups is 1. The monoisotopic (exact) mass is 379 g/mol. The van der Waals surface area contributed by atoms with Crippen molar-refractivity contribution in [2.24, 2.45) is 0 Å². The molecule has 0 saturated heterocycles. The fourth-order valence-corrected chi connectivity index (χ4v) is 3.13. The molecule has 1 heterocycles. The first-order valence-corrected chi connectivity index (χ1v) is 9.50. The highest BCUT2D eigenvalue weighted by molar-refractivity contribution is 7.86. The van der Waals surface area contributed by atoms with E-state index in [2.05, 4.69) is 0 Å². The quantitative estimate of drug-likeness (QED) is 0.447. The van der Waals surface area contributed by atoms with Gasteiger partial charge in [-0.15, -0.1) is 0 Å². The van der Waals surface area contributed by atoms with Crippen molar-refractivity contribution >= 4 is 15.8 Å². The molecule has 9 heteroatoms. The fraction of sp³-hybridized carbons (Fsp3) is 0.294. The summed E-state index contributed by atoms with van der Waals surface area (Å²) in [5.41, 5.74) is 0.105. The van der Waals surface area contributed by atoms with E-state index in [1.165, 1.54) is 30.3 Å². The Morgan fingerprint density at radius 3 is 2.31 bits per heavy atom. The molecule has 8 nitrogen and oxygen atoms in total. The predicted octanol–water partition coefficient (Wildman–Crippen LogP) is 3.01. The average Bonchev–Trinajstić information content (AvgIpc) is 2.77. The molecule has 0 aliphatic carbocycles. The van der Waals surface area contributed by atoms with Crippen molar-refractivity contribution < 1.29 is 27.0 Å². The second-order valence-electron chi connectivity index (χ2n) is 6.49. The first-order chi connectivity index (χ1) is 12.1. The molecule has 1 aliphatic heterocycles. The molecule has 0 aromatic heterocycles. The number of ether oxygens (including phenoxy) is 2. The Labute approximate surface area is 150 Å². The van der Waals surface area contributed by atoms with E-state index >= 15 is 0 Å². The minimum absolute atomic E-state index is 0.0326. The second kappa shape index (κ2) is 6.17. The SMILES string of the molecule is CC1(C)c2cc(OS(C)(=O)=O)ccc2OC1Oc1ccc([N+](=O)[O-])cc1. The Kier molecular flexibility index (Phi) is 4.27. The summed E-state index contributed by atoms with van der Waals surface area (Å²) in [7, 11) is -3.63. The van der Waals surface area contributed by atoms with Crippen LogP contribution in [-0.2, 0) is 15.5 Å². The highest BCUT2D eigenvalue weighted by atomic mass is 32.2. The van der Waals surface area contributed by atoms with Gasteiger partial charge in [-0.25, -0.2) is 0 Å². The maximum absolute atomic E-state index is 11.3. The van der Waals surface area contributed by atoms with Crippen LogP contribution in [0, 0.1) is 10.1 Å². The molecule has 0 bridgehead atoms. The van der Waals surface area contributed by atoms with Crippen molar-refractivity contribution in [2.75, 3.05) is 6.26 Å². The smallest absolute Gasteiger partial charge is 0.306 e.